The molecule has 0 bridgehead atoms. The number of carbonyl (C=O) groups is 1. The predicted molar refractivity (Wildman–Crippen MR) is 92.7 cm³/mol. The Kier molecular flexibility index (Phi) is 5.36. The van der Waals surface area contributed by atoms with Crippen LogP contribution in [0, 0.1) is 0 Å². The topological polar surface area (TPSA) is 64.3 Å². The Morgan fingerprint density at radius 1 is 1.52 bits per heavy atom. The summed E-state index contributed by atoms with van der Waals surface area (Å²) in [6.07, 6.45) is 3.02. The minimum absolute atomic E-state index is 0.0963. The van der Waals surface area contributed by atoms with Gasteiger partial charge in [-0.05, 0) is 30.9 Å². The summed E-state index contributed by atoms with van der Waals surface area (Å²) in [6, 6.07) is 5.66. The molecule has 0 aliphatic carbocycles. The average Bonchev–Trinajstić information content (AvgIpc) is 2.83. The summed E-state index contributed by atoms with van der Waals surface area (Å²) >= 11 is 3.20. The number of methoxy groups -OCH3 is 1. The molecule has 1 amide bonds. The first-order valence-electron chi connectivity index (χ1n) is 6.73. The molecule has 1 heterocycles. The van der Waals surface area contributed by atoms with E-state index in [0.29, 0.717) is 22.4 Å². The van der Waals surface area contributed by atoms with Crippen LogP contribution >= 0.6 is 23.1 Å². The number of fused-ring (bicyclic) bond motifs is 1. The Morgan fingerprint density at radius 3 is 2.95 bits per heavy atom. The van der Waals surface area contributed by atoms with Crippen LogP contribution in [0.5, 0.6) is 5.75 Å². The minimum Gasteiger partial charge on any atom is -0.497 e. The second kappa shape index (κ2) is 7.04. The first kappa shape index (κ1) is 16.0. The Bertz CT molecular complexity index is 640. The highest BCUT2D eigenvalue weighted by Gasteiger charge is 2.16. The molecule has 3 N–H and O–H groups in total. The van der Waals surface area contributed by atoms with Crippen LogP contribution in [0.3, 0.4) is 0 Å². The van der Waals surface area contributed by atoms with Crippen molar-refractivity contribution in [2.45, 2.75) is 18.6 Å². The second-order valence-electron chi connectivity index (χ2n) is 4.80. The summed E-state index contributed by atoms with van der Waals surface area (Å²) in [4.78, 5) is 12.8. The van der Waals surface area contributed by atoms with Gasteiger partial charge in [-0.1, -0.05) is 6.92 Å². The lowest BCUT2D eigenvalue weighted by Gasteiger charge is -2.08. The number of nitrogen functional groups attached to an aromatic ring is 1. The molecule has 0 saturated heterocycles. The molecule has 0 radical (unpaired) electrons. The minimum atomic E-state index is -0.0963. The fraction of sp³-hybridized carbons (Fsp3) is 0.400. The summed E-state index contributed by atoms with van der Waals surface area (Å²) in [6.45, 7) is 2.81. The number of anilines is 1. The highest BCUT2D eigenvalue weighted by Crippen LogP contribution is 2.35. The summed E-state index contributed by atoms with van der Waals surface area (Å²) in [5.41, 5.74) is 6.64. The predicted octanol–water partition coefficient (Wildman–Crippen LogP) is 3.36. The molecule has 1 aromatic carbocycles. The third-order valence-electron chi connectivity index (χ3n) is 3.38. The Morgan fingerprint density at radius 2 is 2.29 bits per heavy atom. The molecular formula is C15H20N2O2S2. The number of benzene rings is 1. The van der Waals surface area contributed by atoms with Gasteiger partial charge in [-0.25, -0.2) is 0 Å². The van der Waals surface area contributed by atoms with Gasteiger partial charge in [0.15, 0.2) is 0 Å². The van der Waals surface area contributed by atoms with Gasteiger partial charge in [-0.3, -0.25) is 4.79 Å². The molecule has 2 aromatic rings. The average molecular weight is 324 g/mol. The molecule has 1 aromatic heterocycles. The smallest absolute Gasteiger partial charge is 0.263 e. The normalized spacial score (nSPS) is 12.3. The van der Waals surface area contributed by atoms with Crippen molar-refractivity contribution in [3.05, 3.63) is 23.1 Å². The maximum Gasteiger partial charge on any atom is 0.263 e. The Labute approximate surface area is 133 Å². The molecule has 21 heavy (non-hydrogen) atoms. The van der Waals surface area contributed by atoms with Crippen molar-refractivity contribution in [1.82, 2.24) is 5.32 Å². The number of hydrogen-bond acceptors (Lipinski definition) is 5. The van der Waals surface area contributed by atoms with E-state index >= 15 is 0 Å². The van der Waals surface area contributed by atoms with E-state index in [1.54, 1.807) is 18.9 Å². The van der Waals surface area contributed by atoms with Gasteiger partial charge in [0.05, 0.1) is 12.8 Å². The number of rotatable bonds is 6. The first-order chi connectivity index (χ1) is 10.1. The zero-order valence-electron chi connectivity index (χ0n) is 12.4. The first-order valence-corrected chi connectivity index (χ1v) is 8.84. The Balaban J connectivity index is 2.14. The fourth-order valence-electron chi connectivity index (χ4n) is 1.98. The number of thiophene rings is 1. The third kappa shape index (κ3) is 3.63. The van der Waals surface area contributed by atoms with Gasteiger partial charge in [-0.15, -0.1) is 11.3 Å². The monoisotopic (exact) mass is 324 g/mol. The fourth-order valence-corrected chi connectivity index (χ4v) is 3.40. The zero-order valence-corrected chi connectivity index (χ0v) is 14.1. The van der Waals surface area contributed by atoms with Crippen molar-refractivity contribution < 1.29 is 9.53 Å². The standard InChI is InChI=1S/C15H20N2O2S2/c1-9(20-3)6-7-17-15(18)14-13(16)11-5-4-10(19-2)8-12(11)21-14/h4-5,8-9H,6-7,16H2,1-3H3,(H,17,18). The van der Waals surface area contributed by atoms with E-state index in [-0.39, 0.29) is 5.91 Å². The SMILES string of the molecule is COc1ccc2c(N)c(C(=O)NCCC(C)SC)sc2c1. The van der Waals surface area contributed by atoms with Crippen LogP contribution in [0.2, 0.25) is 0 Å². The molecular weight excluding hydrogens is 304 g/mol. The number of nitrogens with two attached hydrogens (primary N) is 1. The molecule has 0 fully saturated rings. The quantitative estimate of drug-likeness (QED) is 0.855. The van der Waals surface area contributed by atoms with Gasteiger partial charge in [0.1, 0.15) is 10.6 Å². The summed E-state index contributed by atoms with van der Waals surface area (Å²) in [7, 11) is 1.62. The summed E-state index contributed by atoms with van der Waals surface area (Å²) < 4.78 is 6.17. The lowest BCUT2D eigenvalue weighted by atomic mass is 10.2. The van der Waals surface area contributed by atoms with Gasteiger partial charge >= 0.3 is 0 Å². The molecule has 2 rings (SSSR count). The maximum absolute atomic E-state index is 12.2. The Hall–Kier alpha value is -1.40. The lowest BCUT2D eigenvalue weighted by Crippen LogP contribution is -2.25. The van der Waals surface area contributed by atoms with Crippen molar-refractivity contribution in [3.8, 4) is 5.75 Å². The van der Waals surface area contributed by atoms with E-state index in [9.17, 15) is 4.79 Å². The molecule has 6 heteroatoms. The molecule has 1 atom stereocenters. The van der Waals surface area contributed by atoms with Crippen molar-refractivity contribution in [2.24, 2.45) is 0 Å². The second-order valence-corrected chi connectivity index (χ2v) is 7.13. The lowest BCUT2D eigenvalue weighted by molar-refractivity contribution is 0.0958. The van der Waals surface area contributed by atoms with Crippen molar-refractivity contribution in [1.29, 1.82) is 0 Å². The van der Waals surface area contributed by atoms with Crippen LogP contribution in [0.1, 0.15) is 23.0 Å². The van der Waals surface area contributed by atoms with Crippen molar-refractivity contribution in [2.75, 3.05) is 25.6 Å². The van der Waals surface area contributed by atoms with Crippen LogP contribution in [0.4, 0.5) is 5.69 Å². The van der Waals surface area contributed by atoms with Crippen LogP contribution in [-0.4, -0.2) is 31.1 Å². The van der Waals surface area contributed by atoms with E-state index in [1.807, 2.05) is 18.2 Å². The highest BCUT2D eigenvalue weighted by molar-refractivity contribution is 7.99. The number of hydrogen-bond donors (Lipinski definition) is 2. The van der Waals surface area contributed by atoms with Crippen LogP contribution in [0.15, 0.2) is 18.2 Å². The summed E-state index contributed by atoms with van der Waals surface area (Å²) in [5.74, 6) is 0.672. The molecule has 4 nitrogen and oxygen atoms in total. The molecule has 0 aliphatic heterocycles. The van der Waals surface area contributed by atoms with Gasteiger partial charge in [0.2, 0.25) is 0 Å². The van der Waals surface area contributed by atoms with Crippen molar-refractivity contribution >= 4 is 44.8 Å². The molecule has 0 saturated carbocycles. The van der Waals surface area contributed by atoms with E-state index in [2.05, 4.69) is 18.5 Å². The maximum atomic E-state index is 12.2. The number of thioether (sulfide) groups is 1. The largest absolute Gasteiger partial charge is 0.497 e. The van der Waals surface area contributed by atoms with Crippen molar-refractivity contribution in [3.63, 3.8) is 0 Å². The van der Waals surface area contributed by atoms with Crippen LogP contribution in [0.25, 0.3) is 10.1 Å². The molecule has 0 spiro atoms. The summed E-state index contributed by atoms with van der Waals surface area (Å²) in [5, 5.41) is 4.38. The number of carbonyl (C=O) groups excluding carboxylic acids is 1. The zero-order chi connectivity index (χ0) is 15.4. The van der Waals surface area contributed by atoms with E-state index in [0.717, 1.165) is 22.3 Å². The van der Waals surface area contributed by atoms with Gasteiger partial charge in [0, 0.05) is 21.9 Å². The molecule has 0 aliphatic rings. The van der Waals surface area contributed by atoms with Gasteiger partial charge < -0.3 is 15.8 Å². The molecule has 1 unspecified atom stereocenters. The van der Waals surface area contributed by atoms with Crippen LogP contribution in [-0.2, 0) is 0 Å². The van der Waals surface area contributed by atoms with Crippen LogP contribution < -0.4 is 15.8 Å². The highest BCUT2D eigenvalue weighted by atomic mass is 32.2. The van der Waals surface area contributed by atoms with E-state index in [4.69, 9.17) is 10.5 Å². The number of amides is 1. The third-order valence-corrected chi connectivity index (χ3v) is 5.59. The molecule has 114 valence electrons. The number of nitrogens with one attached hydrogen (secondary N) is 1. The van der Waals surface area contributed by atoms with E-state index in [1.165, 1.54) is 11.3 Å². The van der Waals surface area contributed by atoms with Gasteiger partial charge in [-0.2, -0.15) is 11.8 Å². The van der Waals surface area contributed by atoms with Gasteiger partial charge in [0.25, 0.3) is 5.91 Å². The van der Waals surface area contributed by atoms with E-state index < -0.39 is 0 Å². The number of ether oxygens (including phenoxy) is 1.